The first kappa shape index (κ1) is 37.3. The number of nitrogens with one attached hydrogen (secondary N) is 2. The third kappa shape index (κ3) is 4.67. The van der Waals surface area contributed by atoms with Crippen molar-refractivity contribution in [2.24, 2.45) is 0 Å². The number of aromatic nitrogens is 1. The molecule has 9 heterocycles. The normalized spacial score (nSPS) is 32.4. The predicted octanol–water partition coefficient (Wildman–Crippen LogP) is 4.00. The smallest absolute Gasteiger partial charge is 0.333 e. The summed E-state index contributed by atoms with van der Waals surface area (Å²) < 4.78 is 36.5. The number of hydrogen-bond donors (Lipinski definition) is 5. The number of hydrogen-bond acceptors (Lipinski definition) is 15. The van der Waals surface area contributed by atoms with Crippen molar-refractivity contribution in [3.8, 4) is 34.5 Å². The summed E-state index contributed by atoms with van der Waals surface area (Å²) in [5.41, 5.74) is 3.08. The SMILES string of the molecule is COc1ccc2[nH]c3c(c2c1)C[C@H](CO)N[C@]31CS[C@@H]2c3c(OC(C)=O)c(C)c4c(c3[C@H](COC1=O)N1C2[C@H]2c3c(cc(C)c(OC)c3O)C3(C)C[C@]1(O)CN23)OCO4. The van der Waals surface area contributed by atoms with Crippen molar-refractivity contribution in [1.29, 1.82) is 0 Å². The van der Waals surface area contributed by atoms with Gasteiger partial charge in [-0.1, -0.05) is 0 Å². The summed E-state index contributed by atoms with van der Waals surface area (Å²) in [5, 5.41) is 39.9. The predicted molar refractivity (Wildman–Crippen MR) is 213 cm³/mol. The molecule has 8 aliphatic heterocycles. The van der Waals surface area contributed by atoms with Gasteiger partial charge in [-0.25, -0.2) is 4.79 Å². The van der Waals surface area contributed by atoms with Crippen LogP contribution in [0.5, 0.6) is 34.5 Å². The van der Waals surface area contributed by atoms with Crippen molar-refractivity contribution in [2.45, 2.75) is 86.8 Å². The van der Waals surface area contributed by atoms with Crippen LogP contribution >= 0.6 is 11.8 Å². The van der Waals surface area contributed by atoms with Crippen LogP contribution in [0.15, 0.2) is 24.3 Å². The average Bonchev–Trinajstić information content (AvgIpc) is 3.95. The summed E-state index contributed by atoms with van der Waals surface area (Å²) in [4.78, 5) is 36.1. The lowest BCUT2D eigenvalue weighted by atomic mass is 9.75. The van der Waals surface area contributed by atoms with Crippen LogP contribution in [0.4, 0.5) is 0 Å². The number of carbonyl (C=O) groups is 2. The maximum atomic E-state index is 15.1. The van der Waals surface area contributed by atoms with Gasteiger partial charge >= 0.3 is 11.9 Å². The van der Waals surface area contributed by atoms with Gasteiger partial charge in [-0.3, -0.25) is 19.9 Å². The first-order valence-electron chi connectivity index (χ1n) is 20.0. The van der Waals surface area contributed by atoms with Crippen LogP contribution in [0.1, 0.15) is 82.2 Å². The Morgan fingerprint density at radius 1 is 1.07 bits per heavy atom. The number of aliphatic hydroxyl groups excluding tert-OH is 1. The van der Waals surface area contributed by atoms with E-state index in [4.69, 9.17) is 28.4 Å². The number of methoxy groups -OCH3 is 2. The minimum absolute atomic E-state index is 0.0505. The second-order valence-electron chi connectivity index (χ2n) is 17.2. The monoisotopic (exact) mass is 826 g/mol. The molecule has 0 radical (unpaired) electrons. The molecule has 8 aliphatic rings. The highest BCUT2D eigenvalue weighted by atomic mass is 32.2. The van der Waals surface area contributed by atoms with Crippen LogP contribution in [-0.2, 0) is 31.8 Å². The first-order chi connectivity index (χ1) is 28.3. The molecule has 4 aromatic rings. The lowest BCUT2D eigenvalue weighted by Gasteiger charge is -2.59. The van der Waals surface area contributed by atoms with E-state index in [0.29, 0.717) is 64.0 Å². The molecule has 5 N–H and O–H groups in total. The summed E-state index contributed by atoms with van der Waals surface area (Å²) in [5.74, 6) is 1.35. The van der Waals surface area contributed by atoms with Crippen LogP contribution in [-0.4, -0.2) is 106 Å². The highest BCUT2D eigenvalue weighted by Crippen LogP contribution is 2.71. The third-order valence-corrected chi connectivity index (χ3v) is 15.6. The summed E-state index contributed by atoms with van der Waals surface area (Å²) in [7, 11) is 3.15. The fourth-order valence-electron chi connectivity index (χ4n) is 12.0. The van der Waals surface area contributed by atoms with Crippen molar-refractivity contribution in [1.82, 2.24) is 20.1 Å². The zero-order valence-corrected chi connectivity index (χ0v) is 34.4. The van der Waals surface area contributed by atoms with Gasteiger partial charge in [-0.05, 0) is 68.1 Å². The summed E-state index contributed by atoms with van der Waals surface area (Å²) >= 11 is 1.48. The maximum Gasteiger partial charge on any atom is 0.333 e. The molecule has 12 rings (SSSR count). The average molecular weight is 827 g/mol. The molecule has 59 heavy (non-hydrogen) atoms. The van der Waals surface area contributed by atoms with Crippen LogP contribution in [0.3, 0.4) is 0 Å². The molecule has 3 fully saturated rings. The van der Waals surface area contributed by atoms with Gasteiger partial charge in [-0.2, -0.15) is 0 Å². The molecule has 0 saturated carbocycles. The number of phenols is 1. The minimum atomic E-state index is -1.47. The van der Waals surface area contributed by atoms with Gasteiger partial charge in [0.1, 0.15) is 23.8 Å². The number of ether oxygens (including phenoxy) is 6. The fourth-order valence-corrected chi connectivity index (χ4v) is 13.6. The Hall–Kier alpha value is -4.71. The number of fused-ring (bicyclic) bond motifs is 11. The Bertz CT molecular complexity index is 2540. The van der Waals surface area contributed by atoms with E-state index in [0.717, 1.165) is 33.2 Å². The number of aromatic hydroxyl groups is 1. The molecule has 0 aliphatic carbocycles. The molecule has 15 nitrogen and oxygen atoms in total. The van der Waals surface area contributed by atoms with Crippen molar-refractivity contribution in [3.63, 3.8) is 0 Å². The van der Waals surface area contributed by atoms with E-state index >= 15 is 4.79 Å². The number of aromatic amines is 1. The molecule has 16 heteroatoms. The molecule has 8 atom stereocenters. The van der Waals surface area contributed by atoms with E-state index in [1.54, 1.807) is 14.2 Å². The van der Waals surface area contributed by atoms with Gasteiger partial charge in [0.15, 0.2) is 28.5 Å². The zero-order chi connectivity index (χ0) is 41.1. The number of piperazine rings is 1. The number of nitrogens with zero attached hydrogens (tertiary/aromatic N) is 2. The van der Waals surface area contributed by atoms with Crippen LogP contribution in [0, 0.1) is 13.8 Å². The van der Waals surface area contributed by atoms with E-state index in [2.05, 4.69) is 33.1 Å². The molecular formula is C43H46N4O11S. The second-order valence-corrected chi connectivity index (χ2v) is 18.4. The van der Waals surface area contributed by atoms with E-state index in [1.165, 1.54) is 18.7 Å². The number of benzene rings is 3. The van der Waals surface area contributed by atoms with Crippen molar-refractivity contribution in [3.05, 3.63) is 68.9 Å². The largest absolute Gasteiger partial charge is 0.504 e. The standard InChI is InChI=1S/C43H46N4O11S/c1-18-9-25-28(33(50)34(18)54-6)31-32-38-30-29(37-36(56-17-57-37)19(2)35(30)58-20(3)49)27(47(32)42(52)14-41(25,4)46(31)15-42)13-55-40(51)43(16-59-38)39-24(10-21(12-48)45-43)23-11-22(53-5)7-8-26(23)44-39/h7-9,11,21,27,31-32,38,44-45,48,50,52H,10,12-17H2,1-6H3/t21-,27+,31-,32?,38-,41?,42+,43-/m1/s1. The van der Waals surface area contributed by atoms with Crippen molar-refractivity contribution < 1.29 is 53.3 Å². The number of carbonyl (C=O) groups excluding carboxylic acids is 2. The topological polar surface area (TPSA) is 185 Å². The van der Waals surface area contributed by atoms with Gasteiger partial charge < -0.3 is 48.7 Å². The zero-order valence-electron chi connectivity index (χ0n) is 33.6. The Morgan fingerprint density at radius 2 is 1.86 bits per heavy atom. The minimum Gasteiger partial charge on any atom is -0.504 e. The number of aliphatic hydroxyl groups is 2. The van der Waals surface area contributed by atoms with E-state index < -0.39 is 58.2 Å². The molecule has 1 spiro atoms. The second kappa shape index (κ2) is 12.4. The van der Waals surface area contributed by atoms with E-state index in [1.807, 2.05) is 32.0 Å². The highest BCUT2D eigenvalue weighted by Gasteiger charge is 2.72. The molecular weight excluding hydrogens is 781 g/mol. The molecule has 0 amide bonds. The van der Waals surface area contributed by atoms with E-state index in [9.17, 15) is 20.1 Å². The Morgan fingerprint density at radius 3 is 2.61 bits per heavy atom. The Labute approximate surface area is 343 Å². The number of phenolic OH excluding ortho intramolecular Hbond substituents is 1. The fraction of sp³-hybridized carbons (Fsp3) is 0.488. The number of H-pyrrole nitrogens is 1. The Kier molecular flexibility index (Phi) is 7.86. The van der Waals surface area contributed by atoms with Gasteiger partial charge in [0.2, 0.25) is 6.79 Å². The number of esters is 2. The lowest BCUT2D eigenvalue weighted by Crippen LogP contribution is -2.67. The molecule has 2 unspecified atom stereocenters. The highest BCUT2D eigenvalue weighted by molar-refractivity contribution is 7.99. The maximum absolute atomic E-state index is 15.1. The third-order valence-electron chi connectivity index (χ3n) is 14.1. The van der Waals surface area contributed by atoms with Gasteiger partial charge in [0, 0.05) is 76.4 Å². The van der Waals surface area contributed by atoms with Gasteiger partial charge in [-0.15, -0.1) is 11.8 Å². The number of rotatable bonds is 4. The van der Waals surface area contributed by atoms with Crippen LogP contribution in [0.25, 0.3) is 10.9 Å². The number of thioether (sulfide) groups is 1. The van der Waals surface area contributed by atoms with Crippen molar-refractivity contribution >= 4 is 34.6 Å². The molecule has 1 aromatic heterocycles. The quantitative estimate of drug-likeness (QED) is 0.147. The molecule has 4 bridgehead atoms. The number of aryl methyl sites for hydroxylation is 1. The lowest BCUT2D eigenvalue weighted by molar-refractivity contribution is -0.196. The molecule has 3 aromatic carbocycles. The van der Waals surface area contributed by atoms with Gasteiger partial charge in [0.05, 0.1) is 43.9 Å². The van der Waals surface area contributed by atoms with Crippen LogP contribution < -0.4 is 29.0 Å². The Balaban J connectivity index is 1.18. The van der Waals surface area contributed by atoms with Gasteiger partial charge in [0.25, 0.3) is 0 Å². The first-order valence-corrected chi connectivity index (χ1v) is 21.0. The molecule has 310 valence electrons. The van der Waals surface area contributed by atoms with Crippen molar-refractivity contribution in [2.75, 3.05) is 46.5 Å². The summed E-state index contributed by atoms with van der Waals surface area (Å²) in [6, 6.07) is 5.42. The summed E-state index contributed by atoms with van der Waals surface area (Å²) in [6.45, 7) is 6.96. The summed E-state index contributed by atoms with van der Waals surface area (Å²) in [6.07, 6.45) is 0.749. The van der Waals surface area contributed by atoms with Crippen LogP contribution in [0.2, 0.25) is 0 Å². The van der Waals surface area contributed by atoms with E-state index in [-0.39, 0.29) is 38.1 Å². The molecule has 3 saturated heterocycles.